The molecule has 18 heavy (non-hydrogen) atoms. The molecule has 0 unspecified atom stereocenters. The number of halogens is 1. The van der Waals surface area contributed by atoms with Crippen LogP contribution >= 0.6 is 0 Å². The second-order valence-electron chi connectivity index (χ2n) is 4.59. The summed E-state index contributed by atoms with van der Waals surface area (Å²) in [6, 6.07) is 0. The lowest BCUT2D eigenvalue weighted by Gasteiger charge is -2.22. The fourth-order valence-corrected chi connectivity index (χ4v) is 0.888. The monoisotopic (exact) mass is 262 g/mol. The Morgan fingerprint density at radius 2 is 1.78 bits per heavy atom. The Kier molecular flexibility index (Phi) is 7.31. The summed E-state index contributed by atoms with van der Waals surface area (Å²) in [5.41, 5.74) is 0. The average Bonchev–Trinajstić information content (AvgIpc) is 2.24. The second-order valence-corrected chi connectivity index (χ2v) is 4.59. The number of amides is 1. The van der Waals surface area contributed by atoms with Crippen molar-refractivity contribution >= 4 is 12.1 Å². The van der Waals surface area contributed by atoms with Crippen LogP contribution in [0.4, 0.5) is 9.18 Å². The molecule has 1 radical (unpaired) electrons. The number of carbonyl (C=O) groups excluding carboxylic acids is 2. The first-order chi connectivity index (χ1) is 8.23. The molecule has 0 aliphatic heterocycles. The van der Waals surface area contributed by atoms with Crippen LogP contribution in [-0.2, 0) is 14.3 Å². The predicted molar refractivity (Wildman–Crippen MR) is 64.3 cm³/mol. The van der Waals surface area contributed by atoms with Crippen molar-refractivity contribution in [3.63, 3.8) is 0 Å². The molecule has 0 bridgehead atoms. The molecular formula is C12H21FNO4. The number of alkyl carbamates (subject to hydrolysis) is 1. The quantitative estimate of drug-likeness (QED) is 0.588. The first kappa shape index (κ1) is 16.7. The molecule has 0 saturated carbocycles. The van der Waals surface area contributed by atoms with Gasteiger partial charge in [-0.05, 0) is 6.92 Å². The molecule has 0 aromatic rings. The fraction of sp³-hybridized carbons (Fsp3) is 0.750. The van der Waals surface area contributed by atoms with Crippen molar-refractivity contribution < 1.29 is 23.5 Å². The third-order valence-corrected chi connectivity index (χ3v) is 1.94. The number of hydrogen-bond donors (Lipinski definition) is 1. The van der Waals surface area contributed by atoms with E-state index >= 15 is 0 Å². The van der Waals surface area contributed by atoms with Crippen LogP contribution in [0.15, 0.2) is 0 Å². The van der Waals surface area contributed by atoms with Gasteiger partial charge in [0.2, 0.25) is 0 Å². The molecular weight excluding hydrogens is 241 g/mol. The van der Waals surface area contributed by atoms with Crippen LogP contribution in [-0.4, -0.2) is 31.1 Å². The lowest BCUT2D eigenvalue weighted by molar-refractivity contribution is -0.178. The van der Waals surface area contributed by atoms with Crippen LogP contribution in [0.1, 0.15) is 27.7 Å². The minimum absolute atomic E-state index is 0.195. The third-order valence-electron chi connectivity index (χ3n) is 1.94. The Bertz CT molecular complexity index is 279. The van der Waals surface area contributed by atoms with Gasteiger partial charge in [-0.1, -0.05) is 27.7 Å². The van der Waals surface area contributed by atoms with Gasteiger partial charge in [0, 0.05) is 5.92 Å². The van der Waals surface area contributed by atoms with Gasteiger partial charge in [-0.2, -0.15) is 0 Å². The number of nitrogens with one attached hydrogen (secondary N) is 1. The minimum Gasteiger partial charge on any atom is -0.425 e. The van der Waals surface area contributed by atoms with E-state index in [1.165, 1.54) is 0 Å². The van der Waals surface area contributed by atoms with Gasteiger partial charge in [-0.25, -0.2) is 9.18 Å². The largest absolute Gasteiger partial charge is 0.425 e. The van der Waals surface area contributed by atoms with Gasteiger partial charge in [0.15, 0.2) is 0 Å². The number of hydrogen-bond acceptors (Lipinski definition) is 4. The molecule has 0 aliphatic carbocycles. The normalized spacial score (nSPS) is 14.2. The van der Waals surface area contributed by atoms with Crippen LogP contribution in [0.3, 0.4) is 0 Å². The van der Waals surface area contributed by atoms with Gasteiger partial charge in [-0.15, -0.1) is 0 Å². The molecule has 6 heteroatoms. The van der Waals surface area contributed by atoms with Crippen LogP contribution in [0.2, 0.25) is 0 Å². The number of rotatable bonds is 6. The van der Waals surface area contributed by atoms with E-state index in [1.54, 1.807) is 27.7 Å². The van der Waals surface area contributed by atoms with Crippen molar-refractivity contribution in [3.8, 4) is 0 Å². The van der Waals surface area contributed by atoms with Gasteiger partial charge in [0.1, 0.15) is 6.17 Å². The van der Waals surface area contributed by atoms with Crippen molar-refractivity contribution in [1.82, 2.24) is 5.32 Å². The Morgan fingerprint density at radius 1 is 1.22 bits per heavy atom. The lowest BCUT2D eigenvalue weighted by atomic mass is 10.2. The number of ether oxygens (including phenoxy) is 2. The summed E-state index contributed by atoms with van der Waals surface area (Å²) in [5.74, 6) is -0.964. The molecule has 5 nitrogen and oxygen atoms in total. The van der Waals surface area contributed by atoms with Crippen LogP contribution in [0, 0.1) is 18.8 Å². The van der Waals surface area contributed by atoms with E-state index in [-0.39, 0.29) is 18.4 Å². The first-order valence-electron chi connectivity index (χ1n) is 5.86. The molecule has 0 aliphatic rings. The standard InChI is InChI=1S/C12H21FNO4/c1-7(2)10(15)17-11(8(3)4)18-12(16)14-6-9(5)13/h7-9,11H,5-6H2,1-4H3,(H,14,16)/t9-,11-/m0/s1. The zero-order valence-corrected chi connectivity index (χ0v) is 11.2. The molecule has 0 spiro atoms. The summed E-state index contributed by atoms with van der Waals surface area (Å²) in [5, 5.41) is 2.18. The smallest absolute Gasteiger partial charge is 0.410 e. The third kappa shape index (κ3) is 7.09. The maximum Gasteiger partial charge on any atom is 0.410 e. The van der Waals surface area contributed by atoms with Gasteiger partial charge in [0.05, 0.1) is 12.5 Å². The molecule has 0 saturated heterocycles. The maximum absolute atomic E-state index is 12.4. The molecule has 0 rings (SSSR count). The average molecular weight is 262 g/mol. The number of esters is 1. The molecule has 0 fully saturated rings. The molecule has 2 atom stereocenters. The van der Waals surface area contributed by atoms with Gasteiger partial charge in [0.25, 0.3) is 6.29 Å². The van der Waals surface area contributed by atoms with Crippen molar-refractivity contribution in [1.29, 1.82) is 0 Å². The predicted octanol–water partition coefficient (Wildman–Crippen LogP) is 2.07. The van der Waals surface area contributed by atoms with E-state index in [4.69, 9.17) is 9.47 Å². The Labute approximate surface area is 107 Å². The summed E-state index contributed by atoms with van der Waals surface area (Å²) >= 11 is 0. The van der Waals surface area contributed by atoms with Crippen LogP contribution in [0.25, 0.3) is 0 Å². The minimum atomic E-state index is -1.41. The molecule has 0 aromatic heterocycles. The zero-order chi connectivity index (χ0) is 14.3. The number of carbonyl (C=O) groups is 2. The van der Waals surface area contributed by atoms with Gasteiger partial charge >= 0.3 is 12.1 Å². The molecule has 105 valence electrons. The molecule has 0 heterocycles. The summed E-state index contributed by atoms with van der Waals surface area (Å²) in [6.07, 6.45) is -3.23. The molecule has 1 N–H and O–H groups in total. The van der Waals surface area contributed by atoms with E-state index in [1.807, 2.05) is 0 Å². The van der Waals surface area contributed by atoms with Crippen LogP contribution in [0.5, 0.6) is 0 Å². The molecule has 0 aromatic carbocycles. The highest BCUT2D eigenvalue weighted by atomic mass is 19.1. The van der Waals surface area contributed by atoms with E-state index in [9.17, 15) is 14.0 Å². The van der Waals surface area contributed by atoms with Crippen LogP contribution < -0.4 is 5.32 Å². The molecule has 1 amide bonds. The highest BCUT2D eigenvalue weighted by molar-refractivity contribution is 5.72. The lowest BCUT2D eigenvalue weighted by Crippen LogP contribution is -2.37. The van der Waals surface area contributed by atoms with E-state index < -0.39 is 24.5 Å². The van der Waals surface area contributed by atoms with Crippen molar-refractivity contribution in [2.75, 3.05) is 6.54 Å². The van der Waals surface area contributed by atoms with Gasteiger partial charge < -0.3 is 14.8 Å². The summed E-state index contributed by atoms with van der Waals surface area (Å²) in [7, 11) is 0. The SMILES string of the molecule is [CH2][C@H](F)CNC(=O)O[C@H](OC(=O)C(C)C)C(C)C. The summed E-state index contributed by atoms with van der Waals surface area (Å²) in [6.45, 7) is 9.66. The first-order valence-corrected chi connectivity index (χ1v) is 5.86. The highest BCUT2D eigenvalue weighted by Gasteiger charge is 2.24. The number of alkyl halides is 1. The fourth-order valence-electron chi connectivity index (χ4n) is 0.888. The zero-order valence-electron chi connectivity index (χ0n) is 11.2. The Morgan fingerprint density at radius 3 is 2.17 bits per heavy atom. The summed E-state index contributed by atoms with van der Waals surface area (Å²) < 4.78 is 22.3. The van der Waals surface area contributed by atoms with Crippen molar-refractivity contribution in [2.24, 2.45) is 11.8 Å². The van der Waals surface area contributed by atoms with E-state index in [0.29, 0.717) is 0 Å². The van der Waals surface area contributed by atoms with Crippen molar-refractivity contribution in [2.45, 2.75) is 40.2 Å². The topological polar surface area (TPSA) is 64.6 Å². The summed E-state index contributed by atoms with van der Waals surface area (Å²) in [4.78, 5) is 22.7. The van der Waals surface area contributed by atoms with E-state index in [0.717, 1.165) is 0 Å². The Balaban J connectivity index is 4.27. The van der Waals surface area contributed by atoms with Crippen molar-refractivity contribution in [3.05, 3.63) is 6.92 Å². The second kappa shape index (κ2) is 7.89. The maximum atomic E-state index is 12.4. The van der Waals surface area contributed by atoms with Gasteiger partial charge in [-0.3, -0.25) is 4.79 Å². The van der Waals surface area contributed by atoms with E-state index in [2.05, 4.69) is 12.2 Å². The highest BCUT2D eigenvalue weighted by Crippen LogP contribution is 2.11. The Hall–Kier alpha value is -1.33.